The lowest BCUT2D eigenvalue weighted by Gasteiger charge is -2.30. The summed E-state index contributed by atoms with van der Waals surface area (Å²) in [7, 11) is 0.943. The molecule has 0 spiro atoms. The van der Waals surface area contributed by atoms with E-state index in [4.69, 9.17) is 0 Å². The van der Waals surface area contributed by atoms with Crippen molar-refractivity contribution in [2.75, 3.05) is 7.11 Å². The van der Waals surface area contributed by atoms with Crippen LogP contribution in [0.3, 0.4) is 0 Å². The molecule has 21 heavy (non-hydrogen) atoms. The summed E-state index contributed by atoms with van der Waals surface area (Å²) in [6.07, 6.45) is -5.11. The molecule has 2 aliphatic rings. The minimum absolute atomic E-state index is 0.222. The minimum atomic E-state index is -6.48. The second-order valence-corrected chi connectivity index (χ2v) is 3.91. The molecule has 0 amide bonds. The zero-order valence-electron chi connectivity index (χ0n) is 10.00. The topological polar surface area (TPSA) is 58.7 Å². The highest BCUT2D eigenvalue weighted by atomic mass is 19.4. The maximum Gasteiger partial charge on any atom is 0.460 e. The minimum Gasteiger partial charge on any atom is -0.334 e. The van der Waals surface area contributed by atoms with Crippen molar-refractivity contribution < 1.29 is 35.5 Å². The molecule has 0 radical (unpaired) electrons. The quantitative estimate of drug-likeness (QED) is 0.735. The summed E-state index contributed by atoms with van der Waals surface area (Å²) in [6.45, 7) is 0. The molecule has 0 saturated heterocycles. The Morgan fingerprint density at radius 3 is 2.24 bits per heavy atom. The van der Waals surface area contributed by atoms with E-state index in [1.54, 1.807) is 0 Å². The van der Waals surface area contributed by atoms with Crippen LogP contribution in [0.2, 0.25) is 0 Å². The van der Waals surface area contributed by atoms with Crippen LogP contribution >= 0.6 is 0 Å². The Hall–Kier alpha value is -1.85. The number of ether oxygens (including phenoxy) is 1. The molecule has 0 bridgehead atoms. The van der Waals surface area contributed by atoms with E-state index in [9.17, 15) is 30.7 Å². The molecule has 5 nitrogen and oxygen atoms in total. The highest BCUT2D eigenvalue weighted by molar-refractivity contribution is 6.39. The third kappa shape index (κ3) is 2.04. The van der Waals surface area contributed by atoms with Gasteiger partial charge < -0.3 is 4.74 Å². The van der Waals surface area contributed by atoms with Gasteiger partial charge in [0.1, 0.15) is 12.1 Å². The van der Waals surface area contributed by atoms with Gasteiger partial charge in [-0.15, -0.1) is 0 Å². The number of fused-ring (bicyclic) bond motifs is 1. The van der Waals surface area contributed by atoms with Gasteiger partial charge in [-0.2, -0.15) is 30.7 Å². The fourth-order valence-electron chi connectivity index (χ4n) is 1.49. The van der Waals surface area contributed by atoms with Crippen LogP contribution in [0.4, 0.5) is 30.7 Å². The number of hydrogen-bond acceptors (Lipinski definition) is 5. The summed E-state index contributed by atoms with van der Waals surface area (Å²) >= 11 is 0. The van der Waals surface area contributed by atoms with Crippen molar-refractivity contribution in [3.05, 3.63) is 0 Å². The van der Waals surface area contributed by atoms with Crippen molar-refractivity contribution in [3.63, 3.8) is 0 Å². The van der Waals surface area contributed by atoms with Gasteiger partial charge in [0.2, 0.25) is 5.84 Å². The highest BCUT2D eigenvalue weighted by Crippen LogP contribution is 2.48. The van der Waals surface area contributed by atoms with Gasteiger partial charge in [0.05, 0.1) is 6.21 Å². The van der Waals surface area contributed by atoms with Crippen molar-refractivity contribution in [3.8, 4) is 0 Å². The molecule has 0 aromatic rings. The number of alkyl halides is 7. The van der Waals surface area contributed by atoms with Gasteiger partial charge in [0.25, 0.3) is 0 Å². The lowest BCUT2D eigenvalue weighted by atomic mass is 10.1. The second kappa shape index (κ2) is 4.32. The lowest BCUT2D eigenvalue weighted by molar-refractivity contribution is -0.336. The third-order valence-corrected chi connectivity index (χ3v) is 2.65. The normalized spacial score (nSPS) is 25.7. The van der Waals surface area contributed by atoms with Crippen LogP contribution in [0.15, 0.2) is 20.0 Å². The molecule has 12 heteroatoms. The number of halogens is 7. The largest absolute Gasteiger partial charge is 0.460 e. The number of amidine groups is 1. The van der Waals surface area contributed by atoms with Crippen molar-refractivity contribution in [2.24, 2.45) is 20.0 Å². The van der Waals surface area contributed by atoms with Crippen LogP contribution in [0, 0.1) is 0 Å². The monoisotopic (exact) mass is 318 g/mol. The van der Waals surface area contributed by atoms with E-state index < -0.39 is 29.7 Å². The Labute approximate surface area is 112 Å². The molecule has 116 valence electrons. The van der Waals surface area contributed by atoms with E-state index in [-0.39, 0.29) is 5.71 Å². The number of rotatable bonds is 3. The summed E-state index contributed by atoms with van der Waals surface area (Å²) in [4.78, 5) is 12.7. The van der Waals surface area contributed by atoms with E-state index in [1.165, 1.54) is 0 Å². The van der Waals surface area contributed by atoms with Gasteiger partial charge in [-0.05, 0) is 0 Å². The molecule has 1 atom stereocenters. The molecule has 0 aromatic heterocycles. The van der Waals surface area contributed by atoms with Crippen molar-refractivity contribution in [2.45, 2.75) is 23.9 Å². The van der Waals surface area contributed by atoms with E-state index >= 15 is 0 Å². The first kappa shape index (κ1) is 15.5. The molecular formula is C9H5F7N4O. The average Bonchev–Trinajstić information content (AvgIpc) is 2.80. The Morgan fingerprint density at radius 2 is 1.71 bits per heavy atom. The first-order valence-corrected chi connectivity index (χ1v) is 5.12. The van der Waals surface area contributed by atoms with Gasteiger partial charge in [0.15, 0.2) is 0 Å². The van der Waals surface area contributed by atoms with Crippen LogP contribution < -0.4 is 0 Å². The SMILES string of the molecule is COC12N=CN=C1C=NC(C(F)(F)C(F)(F)C(F)(F)F)=N2. The smallest absolute Gasteiger partial charge is 0.334 e. The average molecular weight is 318 g/mol. The number of methoxy groups -OCH3 is 1. The van der Waals surface area contributed by atoms with Gasteiger partial charge in [-0.25, -0.2) is 20.0 Å². The first-order valence-electron chi connectivity index (χ1n) is 5.12. The fraction of sp³-hybridized carbons (Fsp3) is 0.556. The summed E-state index contributed by atoms with van der Waals surface area (Å²) in [6, 6.07) is 0. The molecule has 2 rings (SSSR count). The van der Waals surface area contributed by atoms with E-state index in [1.807, 2.05) is 0 Å². The molecular weight excluding hydrogens is 313 g/mol. The Morgan fingerprint density at radius 1 is 1.10 bits per heavy atom. The molecule has 0 aromatic carbocycles. The molecule has 2 heterocycles. The molecule has 0 aliphatic carbocycles. The fourth-order valence-corrected chi connectivity index (χ4v) is 1.49. The second-order valence-electron chi connectivity index (χ2n) is 3.91. The number of nitrogens with zero attached hydrogens (tertiary/aromatic N) is 4. The molecule has 2 aliphatic heterocycles. The Kier molecular flexibility index (Phi) is 3.20. The summed E-state index contributed by atoms with van der Waals surface area (Å²) in [5.41, 5.74) is -0.222. The van der Waals surface area contributed by atoms with Gasteiger partial charge in [-0.1, -0.05) is 0 Å². The predicted octanol–water partition coefficient (Wildman–Crippen LogP) is 2.09. The van der Waals surface area contributed by atoms with E-state index in [0.717, 1.165) is 13.4 Å². The van der Waals surface area contributed by atoms with Crippen LogP contribution in [0.1, 0.15) is 0 Å². The molecule has 1 unspecified atom stereocenters. The maximum absolute atomic E-state index is 13.5. The lowest BCUT2D eigenvalue weighted by Crippen LogP contribution is -2.57. The summed E-state index contributed by atoms with van der Waals surface area (Å²) in [5.74, 6) is -16.3. The van der Waals surface area contributed by atoms with E-state index in [2.05, 4.69) is 24.7 Å². The van der Waals surface area contributed by atoms with Crippen LogP contribution in [-0.2, 0) is 4.74 Å². The Balaban J connectivity index is 2.50. The molecule has 0 fully saturated rings. The summed E-state index contributed by atoms with van der Waals surface area (Å²) in [5, 5.41) is 0. The van der Waals surface area contributed by atoms with Crippen molar-refractivity contribution >= 4 is 24.1 Å². The van der Waals surface area contributed by atoms with Gasteiger partial charge >= 0.3 is 23.9 Å². The predicted molar refractivity (Wildman–Crippen MR) is 57.5 cm³/mol. The highest BCUT2D eigenvalue weighted by Gasteiger charge is 2.75. The van der Waals surface area contributed by atoms with Crippen LogP contribution in [0.5, 0.6) is 0 Å². The third-order valence-electron chi connectivity index (χ3n) is 2.65. The Bertz CT molecular complexity index is 577. The van der Waals surface area contributed by atoms with Gasteiger partial charge in [0, 0.05) is 7.11 Å². The zero-order chi connectivity index (χ0) is 16.1. The van der Waals surface area contributed by atoms with Crippen LogP contribution in [-0.4, -0.2) is 55.1 Å². The van der Waals surface area contributed by atoms with Crippen LogP contribution in [0.25, 0.3) is 0 Å². The molecule has 0 saturated carbocycles. The standard InChI is InChI=1S/C9H5F7N4O/c1-21-7-4(18-3-19-7)2-17-5(20-7)6(10,11)8(12,13)9(14,15)16/h2-3H,1H3. The zero-order valence-corrected chi connectivity index (χ0v) is 10.00. The van der Waals surface area contributed by atoms with Crippen molar-refractivity contribution in [1.82, 2.24) is 0 Å². The van der Waals surface area contributed by atoms with Gasteiger partial charge in [-0.3, -0.25) is 0 Å². The maximum atomic E-state index is 13.5. The summed E-state index contributed by atoms with van der Waals surface area (Å²) < 4.78 is 93.8. The van der Waals surface area contributed by atoms with Crippen molar-refractivity contribution in [1.29, 1.82) is 0 Å². The number of aliphatic imine (C=N–C) groups is 4. The molecule has 0 N–H and O–H groups in total. The number of hydrogen-bond donors (Lipinski definition) is 0. The van der Waals surface area contributed by atoms with E-state index in [0.29, 0.717) is 6.21 Å². The first-order chi connectivity index (χ1) is 9.48.